The topological polar surface area (TPSA) is 108 Å². The molecule has 2 atom stereocenters. The minimum absolute atomic E-state index is 0.427. The summed E-state index contributed by atoms with van der Waals surface area (Å²) in [5.74, 6) is -1.06. The van der Waals surface area contributed by atoms with Crippen molar-refractivity contribution in [2.45, 2.75) is 52.3 Å². The van der Waals surface area contributed by atoms with Crippen LogP contribution in [0.15, 0.2) is 60.7 Å². The van der Waals surface area contributed by atoms with E-state index in [1.807, 2.05) is 62.4 Å². The van der Waals surface area contributed by atoms with Crippen LogP contribution in [0.4, 0.5) is 10.5 Å². The molecule has 0 aliphatic rings. The lowest BCUT2D eigenvalue weighted by Crippen LogP contribution is -2.52. The van der Waals surface area contributed by atoms with E-state index in [4.69, 9.17) is 4.74 Å². The number of ether oxygens (including phenoxy) is 1. The van der Waals surface area contributed by atoms with Crippen LogP contribution in [0.5, 0.6) is 0 Å². The van der Waals surface area contributed by atoms with E-state index >= 15 is 0 Å². The van der Waals surface area contributed by atoms with Gasteiger partial charge in [-0.05, 0) is 74.2 Å². The van der Waals surface area contributed by atoms with Gasteiger partial charge >= 0.3 is 6.09 Å². The van der Waals surface area contributed by atoms with Gasteiger partial charge in [0.25, 0.3) is 5.91 Å². The van der Waals surface area contributed by atoms with Crippen LogP contribution < -0.4 is 10.6 Å². The number of aliphatic hydroxyl groups is 1. The highest BCUT2D eigenvalue weighted by atomic mass is 16.6. The highest BCUT2D eigenvalue weighted by Crippen LogP contribution is 2.26. The standard InChI is InChI=1S/C29H35N3O5/c1-18-11-12-22(15-19(18)2)25(26(34)30-23-14-13-20-9-7-8-10-21(20)16-23)32(6)27(35)24(17-33)31-28(36)37-29(3,4)5/h7-16,24-25,33H,17H2,1-6H3,(H,30,34)(H,31,36). The van der Waals surface area contributed by atoms with Crippen molar-refractivity contribution in [3.05, 3.63) is 77.4 Å². The molecule has 3 aromatic carbocycles. The molecular formula is C29H35N3O5. The van der Waals surface area contributed by atoms with Crippen LogP contribution in [0.3, 0.4) is 0 Å². The number of benzene rings is 3. The normalized spacial score (nSPS) is 12.9. The summed E-state index contributed by atoms with van der Waals surface area (Å²) in [7, 11) is 1.47. The number of anilines is 1. The molecule has 8 nitrogen and oxygen atoms in total. The third-order valence-electron chi connectivity index (χ3n) is 6.02. The quantitative estimate of drug-likeness (QED) is 0.439. The number of nitrogens with zero attached hydrogens (tertiary/aromatic N) is 1. The van der Waals surface area contributed by atoms with Gasteiger partial charge in [-0.25, -0.2) is 4.79 Å². The number of amides is 3. The fraction of sp³-hybridized carbons (Fsp3) is 0.345. The summed E-state index contributed by atoms with van der Waals surface area (Å²) in [5.41, 5.74) is 2.43. The van der Waals surface area contributed by atoms with Crippen LogP contribution >= 0.6 is 0 Å². The zero-order chi connectivity index (χ0) is 27.3. The first-order valence-corrected chi connectivity index (χ1v) is 12.1. The summed E-state index contributed by atoms with van der Waals surface area (Å²) in [6.45, 7) is 8.32. The Kier molecular flexibility index (Phi) is 8.55. The van der Waals surface area contributed by atoms with Crippen molar-refractivity contribution < 1.29 is 24.2 Å². The van der Waals surface area contributed by atoms with Gasteiger partial charge in [0.15, 0.2) is 0 Å². The number of alkyl carbamates (subject to hydrolysis) is 1. The van der Waals surface area contributed by atoms with E-state index in [1.54, 1.807) is 32.9 Å². The molecule has 3 amide bonds. The lowest BCUT2D eigenvalue weighted by Gasteiger charge is -2.31. The second kappa shape index (κ2) is 11.4. The Hall–Kier alpha value is -3.91. The summed E-state index contributed by atoms with van der Waals surface area (Å²) in [6, 6.07) is 16.6. The molecule has 0 heterocycles. The van der Waals surface area contributed by atoms with Crippen LogP contribution in [0.25, 0.3) is 10.8 Å². The molecule has 0 bridgehead atoms. The third-order valence-corrected chi connectivity index (χ3v) is 6.02. The SMILES string of the molecule is Cc1ccc(C(C(=O)Nc2ccc3ccccc3c2)N(C)C(=O)C(CO)NC(=O)OC(C)(C)C)cc1C. The Morgan fingerprint density at radius 1 is 0.946 bits per heavy atom. The van der Waals surface area contributed by atoms with Crippen molar-refractivity contribution in [3.63, 3.8) is 0 Å². The fourth-order valence-electron chi connectivity index (χ4n) is 3.97. The van der Waals surface area contributed by atoms with Gasteiger partial charge in [0.1, 0.15) is 17.7 Å². The predicted molar refractivity (Wildman–Crippen MR) is 144 cm³/mol. The van der Waals surface area contributed by atoms with E-state index in [1.165, 1.54) is 11.9 Å². The second-order valence-corrected chi connectivity index (χ2v) is 10.1. The van der Waals surface area contributed by atoms with Crippen molar-refractivity contribution in [1.29, 1.82) is 0 Å². The molecule has 3 aromatic rings. The molecule has 0 aliphatic heterocycles. The fourth-order valence-corrected chi connectivity index (χ4v) is 3.97. The highest BCUT2D eigenvalue weighted by Gasteiger charge is 2.34. The van der Waals surface area contributed by atoms with Crippen molar-refractivity contribution in [1.82, 2.24) is 10.2 Å². The maximum absolute atomic E-state index is 13.6. The maximum atomic E-state index is 13.6. The number of fused-ring (bicyclic) bond motifs is 1. The van der Waals surface area contributed by atoms with Gasteiger partial charge in [0.05, 0.1) is 6.61 Å². The maximum Gasteiger partial charge on any atom is 0.408 e. The second-order valence-electron chi connectivity index (χ2n) is 10.1. The Morgan fingerprint density at radius 2 is 1.62 bits per heavy atom. The van der Waals surface area contributed by atoms with Crippen molar-refractivity contribution in [2.24, 2.45) is 0 Å². The van der Waals surface area contributed by atoms with Gasteiger partial charge < -0.3 is 25.4 Å². The van der Waals surface area contributed by atoms with Crippen LogP contribution in [-0.2, 0) is 14.3 Å². The minimum Gasteiger partial charge on any atom is -0.444 e. The number of nitrogens with one attached hydrogen (secondary N) is 2. The highest BCUT2D eigenvalue weighted by molar-refractivity contribution is 6.00. The molecule has 0 saturated carbocycles. The molecule has 0 saturated heterocycles. The lowest BCUT2D eigenvalue weighted by atomic mass is 9.98. The first-order valence-electron chi connectivity index (χ1n) is 12.1. The number of rotatable bonds is 7. The molecule has 0 radical (unpaired) electrons. The Bertz CT molecular complexity index is 1300. The van der Waals surface area contributed by atoms with Crippen LogP contribution in [-0.4, -0.2) is 53.2 Å². The monoisotopic (exact) mass is 505 g/mol. The van der Waals surface area contributed by atoms with E-state index in [0.29, 0.717) is 11.3 Å². The van der Waals surface area contributed by atoms with E-state index in [2.05, 4.69) is 10.6 Å². The summed E-state index contributed by atoms with van der Waals surface area (Å²) in [4.78, 5) is 40.5. The van der Waals surface area contributed by atoms with E-state index in [0.717, 1.165) is 21.9 Å². The number of hydrogen-bond donors (Lipinski definition) is 3. The predicted octanol–water partition coefficient (Wildman–Crippen LogP) is 4.48. The average molecular weight is 506 g/mol. The van der Waals surface area contributed by atoms with Gasteiger partial charge in [-0.2, -0.15) is 0 Å². The first-order chi connectivity index (χ1) is 17.4. The number of aliphatic hydroxyl groups excluding tert-OH is 1. The summed E-state index contributed by atoms with van der Waals surface area (Å²) < 4.78 is 5.22. The summed E-state index contributed by atoms with van der Waals surface area (Å²) >= 11 is 0. The molecule has 0 aromatic heterocycles. The Labute approximate surface area is 217 Å². The molecule has 0 fully saturated rings. The van der Waals surface area contributed by atoms with Gasteiger partial charge in [0, 0.05) is 12.7 Å². The van der Waals surface area contributed by atoms with Gasteiger partial charge in [-0.1, -0.05) is 48.5 Å². The van der Waals surface area contributed by atoms with Crippen LogP contribution in [0.1, 0.15) is 43.5 Å². The minimum atomic E-state index is -1.29. The van der Waals surface area contributed by atoms with Gasteiger partial charge in [-0.3, -0.25) is 9.59 Å². The van der Waals surface area contributed by atoms with Crippen LogP contribution in [0.2, 0.25) is 0 Å². The first kappa shape index (κ1) is 27.7. The summed E-state index contributed by atoms with van der Waals surface area (Å²) in [5, 5.41) is 17.2. The lowest BCUT2D eigenvalue weighted by molar-refractivity contribution is -0.139. The number of carbonyl (C=O) groups excluding carboxylic acids is 3. The molecule has 2 unspecified atom stereocenters. The van der Waals surface area contributed by atoms with Crippen molar-refractivity contribution in [3.8, 4) is 0 Å². The average Bonchev–Trinajstić information content (AvgIpc) is 2.83. The molecule has 196 valence electrons. The van der Waals surface area contributed by atoms with Gasteiger partial charge in [0.2, 0.25) is 5.91 Å². The smallest absolute Gasteiger partial charge is 0.408 e. The largest absolute Gasteiger partial charge is 0.444 e. The molecular weight excluding hydrogens is 470 g/mol. The molecule has 3 N–H and O–H groups in total. The Morgan fingerprint density at radius 3 is 2.24 bits per heavy atom. The number of aryl methyl sites for hydroxylation is 2. The zero-order valence-corrected chi connectivity index (χ0v) is 22.2. The number of hydrogen-bond acceptors (Lipinski definition) is 5. The van der Waals surface area contributed by atoms with Gasteiger partial charge in [-0.15, -0.1) is 0 Å². The molecule has 8 heteroatoms. The molecule has 0 aliphatic carbocycles. The van der Waals surface area contributed by atoms with Crippen molar-refractivity contribution >= 4 is 34.4 Å². The molecule has 37 heavy (non-hydrogen) atoms. The van der Waals surface area contributed by atoms with E-state index in [9.17, 15) is 19.5 Å². The van der Waals surface area contributed by atoms with Crippen molar-refractivity contribution in [2.75, 3.05) is 19.0 Å². The summed E-state index contributed by atoms with van der Waals surface area (Å²) in [6.07, 6.45) is -0.836. The third kappa shape index (κ3) is 7.07. The Balaban J connectivity index is 1.91. The van der Waals surface area contributed by atoms with E-state index < -0.39 is 42.2 Å². The van der Waals surface area contributed by atoms with E-state index in [-0.39, 0.29) is 0 Å². The molecule has 3 rings (SSSR count). The zero-order valence-electron chi connectivity index (χ0n) is 22.2. The molecule has 0 spiro atoms. The van der Waals surface area contributed by atoms with Crippen LogP contribution in [0, 0.1) is 13.8 Å². The number of likely N-dealkylation sites (N-methyl/N-ethyl adjacent to an activating group) is 1. The number of carbonyl (C=O) groups is 3.